The van der Waals surface area contributed by atoms with Gasteiger partial charge in [0.25, 0.3) is 0 Å². The molecule has 4 aliphatic carbocycles. The molecule has 2 nitrogen and oxygen atoms in total. The lowest BCUT2D eigenvalue weighted by molar-refractivity contribution is -0.151. The predicted octanol–water partition coefficient (Wildman–Crippen LogP) is 14.6. The number of rotatable bonds is 22. The van der Waals surface area contributed by atoms with Gasteiger partial charge < -0.3 is 4.74 Å². The zero-order valence-corrected chi connectivity index (χ0v) is 33.8. The van der Waals surface area contributed by atoms with E-state index in [1.165, 1.54) is 135 Å². The van der Waals surface area contributed by atoms with Gasteiger partial charge in [-0.15, -0.1) is 0 Å². The van der Waals surface area contributed by atoms with Crippen LogP contribution in [0.1, 0.15) is 209 Å². The maximum atomic E-state index is 12.8. The molecule has 0 aliphatic heterocycles. The number of allylic oxidation sites excluding steroid dienone is 3. The Bertz CT molecular complexity index is 1020. The molecule has 9 unspecified atom stereocenters. The Labute approximate surface area is 305 Å². The van der Waals surface area contributed by atoms with Crippen LogP contribution < -0.4 is 0 Å². The minimum atomic E-state index is 0.0599. The van der Waals surface area contributed by atoms with Crippen molar-refractivity contribution in [3.8, 4) is 0 Å². The topological polar surface area (TPSA) is 26.3 Å². The first-order valence-corrected chi connectivity index (χ1v) is 22.2. The highest BCUT2D eigenvalue weighted by Gasteiger charge is 2.59. The Hall–Kier alpha value is -1.05. The Kier molecular flexibility index (Phi) is 16.8. The van der Waals surface area contributed by atoms with Crippen LogP contribution >= 0.6 is 0 Å². The summed E-state index contributed by atoms with van der Waals surface area (Å²) in [5, 5.41) is 0. The summed E-state index contributed by atoms with van der Waals surface area (Å²) in [6.45, 7) is 17.2. The van der Waals surface area contributed by atoms with Crippen molar-refractivity contribution in [1.29, 1.82) is 0 Å². The Morgan fingerprint density at radius 3 is 1.94 bits per heavy atom. The number of esters is 1. The van der Waals surface area contributed by atoms with E-state index in [4.69, 9.17) is 4.74 Å². The summed E-state index contributed by atoms with van der Waals surface area (Å²) in [6, 6.07) is 0. The van der Waals surface area contributed by atoms with Crippen molar-refractivity contribution in [2.75, 3.05) is 0 Å². The summed E-state index contributed by atoms with van der Waals surface area (Å²) in [6.07, 6.45) is 40.4. The van der Waals surface area contributed by atoms with Gasteiger partial charge in [-0.25, -0.2) is 0 Å². The standard InChI is InChI=1S/C47H82O2/c1-8-9-10-11-12-13-14-15-16-17-18-19-20-21-22-23-24-45(48)49-40-31-33-46(6)39(35-40)27-28-41-43-30-29-42(47(43,7)34-32-44(41)46)38(5)26-25-37(4)36(2)3/h25-27,36-38,40-44H,8-24,28-35H2,1-7H3/b26-25+. The van der Waals surface area contributed by atoms with E-state index in [1.807, 2.05) is 0 Å². The molecule has 0 spiro atoms. The second-order valence-electron chi connectivity index (χ2n) is 18.7. The third-order valence-electron chi connectivity index (χ3n) is 15.1. The van der Waals surface area contributed by atoms with E-state index >= 15 is 0 Å². The van der Waals surface area contributed by atoms with Crippen LogP contribution in [-0.4, -0.2) is 12.1 Å². The van der Waals surface area contributed by atoms with E-state index in [-0.39, 0.29) is 12.1 Å². The van der Waals surface area contributed by atoms with Crippen molar-refractivity contribution in [3.05, 3.63) is 23.8 Å². The van der Waals surface area contributed by atoms with Crippen LogP contribution in [0.5, 0.6) is 0 Å². The fourth-order valence-electron chi connectivity index (χ4n) is 11.4. The van der Waals surface area contributed by atoms with Crippen molar-refractivity contribution in [3.63, 3.8) is 0 Å². The molecule has 0 saturated heterocycles. The molecule has 0 N–H and O–H groups in total. The first kappa shape index (κ1) is 40.7. The molecule has 0 bridgehead atoms. The monoisotopic (exact) mass is 679 g/mol. The first-order chi connectivity index (χ1) is 23.6. The van der Waals surface area contributed by atoms with Crippen molar-refractivity contribution in [2.45, 2.75) is 215 Å². The van der Waals surface area contributed by atoms with Crippen LogP contribution in [0, 0.1) is 52.3 Å². The van der Waals surface area contributed by atoms with Gasteiger partial charge >= 0.3 is 5.97 Å². The smallest absolute Gasteiger partial charge is 0.306 e. The van der Waals surface area contributed by atoms with Gasteiger partial charge in [0.05, 0.1) is 0 Å². The van der Waals surface area contributed by atoms with Gasteiger partial charge in [0.1, 0.15) is 6.10 Å². The number of carbonyl (C=O) groups excluding carboxylic acids is 1. The quantitative estimate of drug-likeness (QED) is 0.0647. The maximum absolute atomic E-state index is 12.8. The largest absolute Gasteiger partial charge is 0.462 e. The van der Waals surface area contributed by atoms with Crippen molar-refractivity contribution < 1.29 is 9.53 Å². The van der Waals surface area contributed by atoms with Gasteiger partial charge in [0, 0.05) is 12.8 Å². The number of carbonyl (C=O) groups is 1. The van der Waals surface area contributed by atoms with E-state index in [2.05, 4.69) is 66.7 Å². The first-order valence-electron chi connectivity index (χ1n) is 22.2. The van der Waals surface area contributed by atoms with Crippen LogP contribution in [0.15, 0.2) is 23.8 Å². The molecule has 282 valence electrons. The molecule has 0 radical (unpaired) electrons. The average Bonchev–Trinajstić information content (AvgIpc) is 3.44. The lowest BCUT2D eigenvalue weighted by atomic mass is 9.47. The third-order valence-corrected chi connectivity index (χ3v) is 15.1. The number of unbranched alkanes of at least 4 members (excludes halogenated alkanes) is 15. The maximum Gasteiger partial charge on any atom is 0.306 e. The van der Waals surface area contributed by atoms with E-state index in [1.54, 1.807) is 5.57 Å². The minimum absolute atomic E-state index is 0.0599. The predicted molar refractivity (Wildman–Crippen MR) is 212 cm³/mol. The van der Waals surface area contributed by atoms with Gasteiger partial charge in [0.15, 0.2) is 0 Å². The molecular weight excluding hydrogens is 597 g/mol. The van der Waals surface area contributed by atoms with E-state index in [9.17, 15) is 4.79 Å². The number of fused-ring (bicyclic) bond motifs is 5. The molecule has 49 heavy (non-hydrogen) atoms. The summed E-state index contributed by atoms with van der Waals surface area (Å²) in [5.74, 6) is 5.49. The zero-order chi connectivity index (χ0) is 35.3. The van der Waals surface area contributed by atoms with Crippen LogP contribution in [0.2, 0.25) is 0 Å². The second-order valence-corrected chi connectivity index (χ2v) is 18.7. The summed E-state index contributed by atoms with van der Waals surface area (Å²) >= 11 is 0. The van der Waals surface area contributed by atoms with Crippen molar-refractivity contribution >= 4 is 5.97 Å². The molecule has 0 aromatic heterocycles. The Morgan fingerprint density at radius 2 is 1.35 bits per heavy atom. The Morgan fingerprint density at radius 1 is 0.755 bits per heavy atom. The normalized spacial score (nSPS) is 32.4. The average molecular weight is 679 g/mol. The lowest BCUT2D eigenvalue weighted by Gasteiger charge is -2.58. The summed E-state index contributed by atoms with van der Waals surface area (Å²) in [5.41, 5.74) is 2.45. The third kappa shape index (κ3) is 11.2. The molecule has 9 atom stereocenters. The van der Waals surface area contributed by atoms with Gasteiger partial charge in [-0.3, -0.25) is 4.79 Å². The van der Waals surface area contributed by atoms with Gasteiger partial charge in [-0.1, -0.05) is 169 Å². The van der Waals surface area contributed by atoms with Crippen molar-refractivity contribution in [2.24, 2.45) is 52.3 Å². The second kappa shape index (κ2) is 20.3. The van der Waals surface area contributed by atoms with Crippen LogP contribution in [0.4, 0.5) is 0 Å². The SMILES string of the molecule is CCCCCCCCCCCCCCCCCCC(=O)OC1CCC2(C)C(=CCC3C2CCC2(C)C(C(C)/C=C/C(C)C(C)C)CCC32)C1. The van der Waals surface area contributed by atoms with Gasteiger partial charge in [-0.05, 0) is 104 Å². The molecular formula is C47H82O2. The summed E-state index contributed by atoms with van der Waals surface area (Å²) in [7, 11) is 0. The van der Waals surface area contributed by atoms with E-state index < -0.39 is 0 Å². The lowest BCUT2D eigenvalue weighted by Crippen LogP contribution is -2.51. The zero-order valence-electron chi connectivity index (χ0n) is 33.8. The molecule has 4 rings (SSSR count). The molecule has 0 aromatic carbocycles. The molecule has 0 amide bonds. The Balaban J connectivity index is 1.10. The van der Waals surface area contributed by atoms with E-state index in [0.717, 1.165) is 48.9 Å². The molecule has 0 heterocycles. The molecule has 4 aliphatic rings. The highest BCUT2D eigenvalue weighted by molar-refractivity contribution is 5.69. The fourth-order valence-corrected chi connectivity index (χ4v) is 11.4. The van der Waals surface area contributed by atoms with Gasteiger partial charge in [-0.2, -0.15) is 0 Å². The van der Waals surface area contributed by atoms with Gasteiger partial charge in [0.2, 0.25) is 0 Å². The highest BCUT2D eigenvalue weighted by Crippen LogP contribution is 2.67. The molecule has 0 aromatic rings. The summed E-state index contributed by atoms with van der Waals surface area (Å²) < 4.78 is 6.14. The molecule has 3 fully saturated rings. The molecule has 2 heteroatoms. The number of hydrogen-bond donors (Lipinski definition) is 0. The van der Waals surface area contributed by atoms with Crippen LogP contribution in [0.25, 0.3) is 0 Å². The molecule has 3 saturated carbocycles. The highest BCUT2D eigenvalue weighted by atomic mass is 16.5. The van der Waals surface area contributed by atoms with Crippen LogP contribution in [0.3, 0.4) is 0 Å². The van der Waals surface area contributed by atoms with Crippen molar-refractivity contribution in [1.82, 2.24) is 0 Å². The fraction of sp³-hybridized carbons (Fsp3) is 0.894. The summed E-state index contributed by atoms with van der Waals surface area (Å²) in [4.78, 5) is 12.8. The number of hydrogen-bond acceptors (Lipinski definition) is 2. The van der Waals surface area contributed by atoms with E-state index in [0.29, 0.717) is 29.1 Å². The minimum Gasteiger partial charge on any atom is -0.462 e. The van der Waals surface area contributed by atoms with Crippen LogP contribution in [-0.2, 0) is 9.53 Å². The number of ether oxygens (including phenoxy) is 1.